The molecule has 3 rings (SSSR count). The van der Waals surface area contributed by atoms with E-state index in [4.69, 9.17) is 0 Å². The normalized spacial score (nSPS) is 20.2. The van der Waals surface area contributed by atoms with Crippen molar-refractivity contribution >= 4 is 33.2 Å². The molecule has 4 nitrogen and oxygen atoms in total. The second-order valence-electron chi connectivity index (χ2n) is 4.56. The minimum absolute atomic E-state index is 0.189. The number of carbonyl (C=O) groups excluding carboxylic acids is 1. The average Bonchev–Trinajstić information content (AvgIpc) is 2.21. The molecule has 1 amide bonds. The lowest BCUT2D eigenvalue weighted by Gasteiger charge is -2.43. The van der Waals surface area contributed by atoms with Crippen LogP contribution in [-0.4, -0.2) is 38.6 Å². The van der Waals surface area contributed by atoms with Gasteiger partial charge in [-0.25, -0.2) is 0 Å². The number of nitrogens with zero attached hydrogens (tertiary/aromatic N) is 2. The van der Waals surface area contributed by atoms with Gasteiger partial charge < -0.3 is 15.1 Å². The van der Waals surface area contributed by atoms with E-state index in [1.807, 2.05) is 29.0 Å². The van der Waals surface area contributed by atoms with E-state index < -0.39 is 0 Å². The van der Waals surface area contributed by atoms with E-state index in [1.54, 1.807) is 0 Å². The minimum atomic E-state index is 0.189. The Morgan fingerprint density at radius 1 is 1.35 bits per heavy atom. The smallest absolute Gasteiger partial charge is 0.246 e. The highest BCUT2D eigenvalue weighted by atomic mass is 79.9. The zero-order valence-corrected chi connectivity index (χ0v) is 11.2. The molecule has 0 aromatic heterocycles. The Bertz CT molecular complexity index is 473. The Hall–Kier alpha value is -1.07. The third-order valence-electron chi connectivity index (χ3n) is 3.37. The van der Waals surface area contributed by atoms with Crippen LogP contribution in [0.4, 0.5) is 11.4 Å². The summed E-state index contributed by atoms with van der Waals surface area (Å²) in [5.41, 5.74) is 2.14. The quantitative estimate of drug-likeness (QED) is 0.846. The summed E-state index contributed by atoms with van der Waals surface area (Å²) >= 11 is 3.48. The van der Waals surface area contributed by atoms with Gasteiger partial charge in [-0.1, -0.05) is 15.9 Å². The number of hydrogen-bond acceptors (Lipinski definition) is 3. The van der Waals surface area contributed by atoms with Gasteiger partial charge in [-0.2, -0.15) is 0 Å². The van der Waals surface area contributed by atoms with Crippen molar-refractivity contribution in [3.05, 3.63) is 22.7 Å². The van der Waals surface area contributed by atoms with Crippen LogP contribution in [0.1, 0.15) is 0 Å². The van der Waals surface area contributed by atoms with Crippen molar-refractivity contribution in [1.29, 1.82) is 0 Å². The Kier molecular flexibility index (Phi) is 2.60. The molecule has 2 aliphatic rings. The number of amides is 1. The minimum Gasteiger partial charge on any atom is -0.364 e. The molecule has 1 aromatic carbocycles. The van der Waals surface area contributed by atoms with E-state index in [0.717, 1.165) is 28.9 Å². The van der Waals surface area contributed by atoms with Crippen LogP contribution >= 0.6 is 15.9 Å². The summed E-state index contributed by atoms with van der Waals surface area (Å²) < 4.78 is 1.05. The number of carbonyl (C=O) groups is 1. The molecule has 2 heterocycles. The SMILES string of the molecule is CN1CC(=O)N(C2CNC2)c2ccc(Br)cc21. The predicted octanol–water partition coefficient (Wildman–Crippen LogP) is 1.20. The zero-order chi connectivity index (χ0) is 12.0. The summed E-state index contributed by atoms with van der Waals surface area (Å²) in [5.74, 6) is 0.189. The van der Waals surface area contributed by atoms with Gasteiger partial charge in [-0.15, -0.1) is 0 Å². The molecule has 0 spiro atoms. The van der Waals surface area contributed by atoms with Crippen LogP contribution in [-0.2, 0) is 4.79 Å². The van der Waals surface area contributed by atoms with Crippen molar-refractivity contribution in [2.24, 2.45) is 0 Å². The second kappa shape index (κ2) is 3.99. The van der Waals surface area contributed by atoms with Crippen molar-refractivity contribution < 1.29 is 4.79 Å². The van der Waals surface area contributed by atoms with Crippen LogP contribution in [0.3, 0.4) is 0 Å². The molecule has 90 valence electrons. The maximum absolute atomic E-state index is 12.1. The molecule has 0 aliphatic carbocycles. The lowest BCUT2D eigenvalue weighted by atomic mass is 10.1. The number of benzene rings is 1. The number of hydrogen-bond donors (Lipinski definition) is 1. The first-order valence-electron chi connectivity index (χ1n) is 5.70. The molecule has 1 aromatic rings. The van der Waals surface area contributed by atoms with E-state index in [1.165, 1.54) is 0 Å². The third-order valence-corrected chi connectivity index (χ3v) is 3.87. The summed E-state index contributed by atoms with van der Waals surface area (Å²) in [6, 6.07) is 6.40. The first-order chi connectivity index (χ1) is 8.16. The van der Waals surface area contributed by atoms with Gasteiger partial charge in [0.2, 0.25) is 5.91 Å². The highest BCUT2D eigenvalue weighted by Crippen LogP contribution is 2.36. The molecular weight excluding hydrogens is 282 g/mol. The van der Waals surface area contributed by atoms with Gasteiger partial charge in [0.25, 0.3) is 0 Å². The fourth-order valence-electron chi connectivity index (χ4n) is 2.36. The third kappa shape index (κ3) is 1.73. The van der Waals surface area contributed by atoms with Gasteiger partial charge in [-0.3, -0.25) is 4.79 Å². The standard InChI is InChI=1S/C12H14BrN3O/c1-15-7-12(17)16(9-5-14-6-9)10-3-2-8(13)4-11(10)15/h2-4,9,14H,5-7H2,1H3. The topological polar surface area (TPSA) is 35.6 Å². The maximum atomic E-state index is 12.1. The Balaban J connectivity index is 2.06. The van der Waals surface area contributed by atoms with Crippen molar-refractivity contribution in [2.45, 2.75) is 6.04 Å². The molecule has 0 atom stereocenters. The van der Waals surface area contributed by atoms with Crippen molar-refractivity contribution in [2.75, 3.05) is 36.5 Å². The summed E-state index contributed by atoms with van der Waals surface area (Å²) in [6.45, 7) is 2.25. The van der Waals surface area contributed by atoms with Gasteiger partial charge in [-0.05, 0) is 18.2 Å². The fourth-order valence-corrected chi connectivity index (χ4v) is 2.71. The molecule has 0 unspecified atom stereocenters. The van der Waals surface area contributed by atoms with E-state index >= 15 is 0 Å². The van der Waals surface area contributed by atoms with Crippen molar-refractivity contribution in [3.63, 3.8) is 0 Å². The average molecular weight is 296 g/mol. The van der Waals surface area contributed by atoms with Crippen molar-refractivity contribution in [3.8, 4) is 0 Å². The van der Waals surface area contributed by atoms with Crippen molar-refractivity contribution in [1.82, 2.24) is 5.32 Å². The zero-order valence-electron chi connectivity index (χ0n) is 9.61. The van der Waals surface area contributed by atoms with Crippen LogP contribution < -0.4 is 15.1 Å². The van der Waals surface area contributed by atoms with Gasteiger partial charge in [0, 0.05) is 24.6 Å². The van der Waals surface area contributed by atoms with Crippen LogP contribution in [0.25, 0.3) is 0 Å². The number of likely N-dealkylation sites (N-methyl/N-ethyl adjacent to an activating group) is 1. The summed E-state index contributed by atoms with van der Waals surface area (Å²) in [4.78, 5) is 16.1. The van der Waals surface area contributed by atoms with Gasteiger partial charge in [0.1, 0.15) is 0 Å². The van der Waals surface area contributed by atoms with Gasteiger partial charge in [0.05, 0.1) is 24.0 Å². The number of rotatable bonds is 1. The highest BCUT2D eigenvalue weighted by molar-refractivity contribution is 9.10. The van der Waals surface area contributed by atoms with Crippen LogP contribution in [0.5, 0.6) is 0 Å². The van der Waals surface area contributed by atoms with E-state index in [9.17, 15) is 4.79 Å². The fraction of sp³-hybridized carbons (Fsp3) is 0.417. The lowest BCUT2D eigenvalue weighted by molar-refractivity contribution is -0.118. The van der Waals surface area contributed by atoms with E-state index in [-0.39, 0.29) is 5.91 Å². The van der Waals surface area contributed by atoms with Gasteiger partial charge in [0.15, 0.2) is 0 Å². The summed E-state index contributed by atoms with van der Waals surface area (Å²) in [5, 5.41) is 3.22. The van der Waals surface area contributed by atoms with Crippen LogP contribution in [0.2, 0.25) is 0 Å². The Labute approximate surface area is 109 Å². The van der Waals surface area contributed by atoms with Crippen LogP contribution in [0.15, 0.2) is 22.7 Å². The Morgan fingerprint density at radius 3 is 2.76 bits per heavy atom. The molecule has 1 fully saturated rings. The monoisotopic (exact) mass is 295 g/mol. The first kappa shape index (κ1) is 11.0. The molecule has 17 heavy (non-hydrogen) atoms. The number of halogens is 1. The highest BCUT2D eigenvalue weighted by Gasteiger charge is 2.35. The second-order valence-corrected chi connectivity index (χ2v) is 5.48. The molecular formula is C12H14BrN3O. The maximum Gasteiger partial charge on any atom is 0.246 e. The number of nitrogens with one attached hydrogen (secondary N) is 1. The Morgan fingerprint density at radius 2 is 2.12 bits per heavy atom. The molecule has 1 saturated heterocycles. The van der Waals surface area contributed by atoms with E-state index in [2.05, 4.69) is 27.3 Å². The largest absolute Gasteiger partial charge is 0.364 e. The molecule has 0 bridgehead atoms. The van der Waals surface area contributed by atoms with Crippen LogP contribution in [0, 0.1) is 0 Å². The number of fused-ring (bicyclic) bond motifs is 1. The van der Waals surface area contributed by atoms with Gasteiger partial charge >= 0.3 is 0 Å². The number of anilines is 2. The predicted molar refractivity (Wildman–Crippen MR) is 71.6 cm³/mol. The lowest BCUT2D eigenvalue weighted by Crippen LogP contribution is -2.62. The molecule has 2 aliphatic heterocycles. The molecule has 0 radical (unpaired) electrons. The summed E-state index contributed by atoms with van der Waals surface area (Å²) in [7, 11) is 1.96. The van der Waals surface area contributed by atoms with E-state index in [0.29, 0.717) is 12.6 Å². The molecule has 5 heteroatoms. The molecule has 1 N–H and O–H groups in total. The molecule has 0 saturated carbocycles. The summed E-state index contributed by atoms with van der Waals surface area (Å²) in [6.07, 6.45) is 0. The first-order valence-corrected chi connectivity index (χ1v) is 6.49.